The van der Waals surface area contributed by atoms with Crippen LogP contribution in [0.4, 0.5) is 4.79 Å². The van der Waals surface area contributed by atoms with Crippen LogP contribution in [0, 0.1) is 0 Å². The number of rotatable bonds is 8. The number of nitrogens with zero attached hydrogens (tertiary/aromatic N) is 1. The number of unbranched alkanes of at least 4 members (excludes halogenated alkanes) is 2. The smallest absolute Gasteiger partial charge is 0.329 e. The van der Waals surface area contributed by atoms with Gasteiger partial charge in [0.1, 0.15) is 11.4 Å². The highest BCUT2D eigenvalue weighted by molar-refractivity contribution is 6.14. The molecule has 0 aromatic heterocycles. The van der Waals surface area contributed by atoms with E-state index in [9.17, 15) is 14.4 Å². The van der Waals surface area contributed by atoms with Crippen LogP contribution < -0.4 is 15.5 Å². The first-order chi connectivity index (χ1) is 12.1. The van der Waals surface area contributed by atoms with Crippen molar-refractivity contribution < 1.29 is 24.3 Å². The second kappa shape index (κ2) is 8.84. The highest BCUT2D eigenvalue weighted by atomic mass is 16.5. The summed E-state index contributed by atoms with van der Waals surface area (Å²) in [6.45, 7) is 0.272. The molecule has 2 rings (SSSR count). The summed E-state index contributed by atoms with van der Waals surface area (Å²) in [6, 6.07) is 6.74. The van der Waals surface area contributed by atoms with Crippen molar-refractivity contribution >= 4 is 23.9 Å². The number of nitrogens with one attached hydrogen (secondary N) is 2. The minimum Gasteiger partial charge on any atom is -0.496 e. The number of para-hydroxylation sites is 1. The van der Waals surface area contributed by atoms with E-state index in [1.165, 1.54) is 7.11 Å². The van der Waals surface area contributed by atoms with Gasteiger partial charge in [-0.25, -0.2) is 10.3 Å². The summed E-state index contributed by atoms with van der Waals surface area (Å²) < 4.78 is 5.23. The monoisotopic (exact) mass is 347 g/mol. The highest BCUT2D eigenvalue weighted by Gasteiger charge is 2.33. The molecule has 4 amide bonds. The number of carbonyl (C=O) groups is 3. The highest BCUT2D eigenvalue weighted by Crippen LogP contribution is 2.22. The quantitative estimate of drug-likeness (QED) is 0.218. The van der Waals surface area contributed by atoms with Gasteiger partial charge >= 0.3 is 6.03 Å². The zero-order valence-corrected chi connectivity index (χ0v) is 13.9. The van der Waals surface area contributed by atoms with Crippen LogP contribution in [0.2, 0.25) is 0 Å². The zero-order valence-electron chi connectivity index (χ0n) is 13.9. The van der Waals surface area contributed by atoms with Crippen LogP contribution in [0.3, 0.4) is 0 Å². The molecular weight excluding hydrogens is 326 g/mol. The molecule has 0 saturated carbocycles. The molecule has 1 saturated heterocycles. The van der Waals surface area contributed by atoms with E-state index in [-0.39, 0.29) is 24.6 Å². The summed E-state index contributed by atoms with van der Waals surface area (Å²) in [4.78, 5) is 36.4. The molecule has 0 aliphatic carbocycles. The van der Waals surface area contributed by atoms with Crippen LogP contribution in [-0.2, 0) is 9.59 Å². The van der Waals surface area contributed by atoms with Crippen LogP contribution in [0.5, 0.6) is 5.75 Å². The number of amides is 4. The van der Waals surface area contributed by atoms with Crippen molar-refractivity contribution in [3.05, 3.63) is 35.5 Å². The van der Waals surface area contributed by atoms with Gasteiger partial charge in [-0.2, -0.15) is 0 Å². The van der Waals surface area contributed by atoms with Crippen molar-refractivity contribution in [1.29, 1.82) is 0 Å². The first-order valence-corrected chi connectivity index (χ1v) is 7.97. The lowest BCUT2D eigenvalue weighted by molar-refractivity contribution is -0.129. The van der Waals surface area contributed by atoms with Gasteiger partial charge in [-0.3, -0.25) is 19.7 Å². The molecule has 25 heavy (non-hydrogen) atoms. The van der Waals surface area contributed by atoms with Crippen molar-refractivity contribution in [3.8, 4) is 5.75 Å². The number of ether oxygens (including phenoxy) is 1. The minimum absolute atomic E-state index is 0.203. The second-order valence-corrected chi connectivity index (χ2v) is 5.53. The lowest BCUT2D eigenvalue weighted by atomic mass is 10.1. The van der Waals surface area contributed by atoms with Gasteiger partial charge in [0.25, 0.3) is 5.91 Å². The van der Waals surface area contributed by atoms with Crippen molar-refractivity contribution in [2.24, 2.45) is 0 Å². The van der Waals surface area contributed by atoms with Crippen LogP contribution in [0.15, 0.2) is 30.0 Å². The van der Waals surface area contributed by atoms with E-state index >= 15 is 0 Å². The predicted octanol–water partition coefficient (Wildman–Crippen LogP) is 1.65. The summed E-state index contributed by atoms with van der Waals surface area (Å²) in [7, 11) is 1.54. The van der Waals surface area contributed by atoms with E-state index in [1.807, 2.05) is 12.1 Å². The van der Waals surface area contributed by atoms with E-state index in [0.717, 1.165) is 4.90 Å². The minimum atomic E-state index is -0.459. The third kappa shape index (κ3) is 4.80. The molecule has 1 aromatic rings. The summed E-state index contributed by atoms with van der Waals surface area (Å²) in [5, 5.41) is 11.0. The van der Waals surface area contributed by atoms with Crippen LogP contribution in [0.1, 0.15) is 31.2 Å². The van der Waals surface area contributed by atoms with E-state index in [1.54, 1.807) is 23.7 Å². The van der Waals surface area contributed by atoms with E-state index in [4.69, 9.17) is 9.94 Å². The van der Waals surface area contributed by atoms with Crippen molar-refractivity contribution in [3.63, 3.8) is 0 Å². The molecular formula is C17H21N3O5. The second-order valence-electron chi connectivity index (χ2n) is 5.53. The number of hydroxylamine groups is 1. The average Bonchev–Trinajstić information content (AvgIpc) is 2.88. The van der Waals surface area contributed by atoms with Gasteiger partial charge in [-0.15, -0.1) is 0 Å². The molecule has 0 unspecified atom stereocenters. The molecule has 0 radical (unpaired) electrons. The van der Waals surface area contributed by atoms with Gasteiger partial charge in [-0.05, 0) is 25.0 Å². The maximum absolute atomic E-state index is 12.4. The molecule has 1 aliphatic rings. The van der Waals surface area contributed by atoms with Crippen LogP contribution in [0.25, 0.3) is 6.08 Å². The number of hydrogen-bond donors (Lipinski definition) is 3. The van der Waals surface area contributed by atoms with E-state index in [0.29, 0.717) is 30.6 Å². The molecule has 0 atom stereocenters. The van der Waals surface area contributed by atoms with Crippen LogP contribution in [-0.4, -0.2) is 41.6 Å². The van der Waals surface area contributed by atoms with Gasteiger partial charge in [-0.1, -0.05) is 24.6 Å². The Morgan fingerprint density at radius 1 is 1.28 bits per heavy atom. The Kier molecular flexibility index (Phi) is 6.53. The molecule has 1 fully saturated rings. The van der Waals surface area contributed by atoms with Gasteiger partial charge < -0.3 is 10.1 Å². The third-order valence-corrected chi connectivity index (χ3v) is 3.81. The topological polar surface area (TPSA) is 108 Å². The average molecular weight is 347 g/mol. The molecule has 1 heterocycles. The van der Waals surface area contributed by atoms with Gasteiger partial charge in [0, 0.05) is 18.5 Å². The summed E-state index contributed by atoms with van der Waals surface area (Å²) in [6.07, 6.45) is 3.61. The molecule has 1 aliphatic heterocycles. The SMILES string of the molecule is COc1ccccc1/C=C1\NC(=O)N(CCCCCC(=O)NO)C1=O. The largest absolute Gasteiger partial charge is 0.496 e. The lowest BCUT2D eigenvalue weighted by Gasteiger charge is -2.11. The van der Waals surface area contributed by atoms with Crippen molar-refractivity contribution in [2.75, 3.05) is 13.7 Å². The lowest BCUT2D eigenvalue weighted by Crippen LogP contribution is -2.31. The molecule has 0 spiro atoms. The Morgan fingerprint density at radius 3 is 2.76 bits per heavy atom. The Bertz CT molecular complexity index is 687. The molecule has 134 valence electrons. The number of carbonyl (C=O) groups excluding carboxylic acids is 3. The fraction of sp³-hybridized carbons (Fsp3) is 0.353. The Hall–Kier alpha value is -2.87. The first kappa shape index (κ1) is 18.5. The molecule has 8 nitrogen and oxygen atoms in total. The zero-order chi connectivity index (χ0) is 18.2. The molecule has 8 heteroatoms. The van der Waals surface area contributed by atoms with Crippen molar-refractivity contribution in [1.82, 2.24) is 15.7 Å². The number of methoxy groups -OCH3 is 1. The Morgan fingerprint density at radius 2 is 2.04 bits per heavy atom. The normalized spacial score (nSPS) is 15.4. The maximum atomic E-state index is 12.4. The maximum Gasteiger partial charge on any atom is 0.329 e. The van der Waals surface area contributed by atoms with Crippen molar-refractivity contribution in [2.45, 2.75) is 25.7 Å². The summed E-state index contributed by atoms with van der Waals surface area (Å²) in [5.41, 5.74) is 2.47. The molecule has 0 bridgehead atoms. The van der Waals surface area contributed by atoms with Gasteiger partial charge in [0.05, 0.1) is 7.11 Å². The van der Waals surface area contributed by atoms with Crippen LogP contribution >= 0.6 is 0 Å². The number of imide groups is 1. The Labute approximate surface area is 145 Å². The Balaban J connectivity index is 1.93. The standard InChI is InChI=1S/C17H21N3O5/c1-25-14-8-5-4-7-12(14)11-13-16(22)20(17(23)18-13)10-6-2-3-9-15(21)19-24/h4-5,7-8,11,24H,2-3,6,9-10H2,1H3,(H,18,23)(H,19,21)/b13-11-. The van der Waals surface area contributed by atoms with E-state index < -0.39 is 11.9 Å². The van der Waals surface area contributed by atoms with Gasteiger partial charge in [0.15, 0.2) is 0 Å². The number of hydrogen-bond acceptors (Lipinski definition) is 5. The molecule has 3 N–H and O–H groups in total. The number of benzene rings is 1. The number of urea groups is 1. The van der Waals surface area contributed by atoms with E-state index in [2.05, 4.69) is 5.32 Å². The summed E-state index contributed by atoms with van der Waals surface area (Å²) >= 11 is 0. The first-order valence-electron chi connectivity index (χ1n) is 7.97. The van der Waals surface area contributed by atoms with Gasteiger partial charge in [0.2, 0.25) is 5.91 Å². The third-order valence-electron chi connectivity index (χ3n) is 3.81. The fourth-order valence-electron chi connectivity index (χ4n) is 2.50. The summed E-state index contributed by atoms with van der Waals surface area (Å²) in [5.74, 6) is -0.223. The fourth-order valence-corrected chi connectivity index (χ4v) is 2.50. The molecule has 1 aromatic carbocycles. The predicted molar refractivity (Wildman–Crippen MR) is 89.6 cm³/mol.